The van der Waals surface area contributed by atoms with Crippen LogP contribution < -0.4 is 0 Å². The number of rotatable bonds is 3. The molecule has 0 spiro atoms. The van der Waals surface area contributed by atoms with Gasteiger partial charge in [0.15, 0.2) is 0 Å². The Balaban J connectivity index is 1.42. The number of furan rings is 1. The van der Waals surface area contributed by atoms with Crippen molar-refractivity contribution in [1.82, 2.24) is 0 Å². The summed E-state index contributed by atoms with van der Waals surface area (Å²) in [6.45, 7) is 0. The maximum Gasteiger partial charge on any atom is 0.143 e. The van der Waals surface area contributed by atoms with E-state index in [-0.39, 0.29) is 24.2 Å². The summed E-state index contributed by atoms with van der Waals surface area (Å²) in [7, 11) is 0. The lowest BCUT2D eigenvalue weighted by Crippen LogP contribution is -1.93. The average molecular weight is 551 g/mol. The summed E-state index contributed by atoms with van der Waals surface area (Å²) in [6.07, 6.45) is 0. The highest BCUT2D eigenvalue weighted by Crippen LogP contribution is 2.48. The van der Waals surface area contributed by atoms with Crippen molar-refractivity contribution >= 4 is 54.3 Å². The van der Waals surface area contributed by atoms with Gasteiger partial charge in [-0.15, -0.1) is 0 Å². The molecule has 8 aromatic carbocycles. The van der Waals surface area contributed by atoms with Crippen LogP contribution in [0.4, 0.5) is 0 Å². The van der Waals surface area contributed by atoms with Gasteiger partial charge in [-0.1, -0.05) is 145 Å². The minimum Gasteiger partial charge on any atom is -0.455 e. The number of benzene rings is 8. The highest BCUT2D eigenvalue weighted by molar-refractivity contribution is 6.27. The first-order valence-corrected chi connectivity index (χ1v) is 14.5. The minimum absolute atomic E-state index is 0.0630. The monoisotopic (exact) mass is 550 g/mol. The van der Waals surface area contributed by atoms with Crippen LogP contribution in [0.2, 0.25) is 0 Å². The van der Waals surface area contributed by atoms with Crippen LogP contribution in [-0.2, 0) is 0 Å². The van der Waals surface area contributed by atoms with E-state index in [1.54, 1.807) is 6.07 Å². The van der Waals surface area contributed by atoms with Gasteiger partial charge in [-0.25, -0.2) is 0 Å². The summed E-state index contributed by atoms with van der Waals surface area (Å²) < 4.78 is 40.3. The van der Waals surface area contributed by atoms with E-state index in [9.17, 15) is 0 Å². The van der Waals surface area contributed by atoms with Crippen LogP contribution in [0.1, 0.15) is 5.48 Å². The second-order valence-corrected chi connectivity index (χ2v) is 10.9. The van der Waals surface area contributed by atoms with Crippen LogP contribution in [0.5, 0.6) is 0 Å². The van der Waals surface area contributed by atoms with Crippen molar-refractivity contribution in [3.8, 4) is 33.4 Å². The Bertz CT molecular complexity index is 2670. The number of fused-ring (bicyclic) bond motifs is 7. The molecule has 0 saturated carbocycles. The predicted molar refractivity (Wildman–Crippen MR) is 183 cm³/mol. The molecule has 0 amide bonds. The van der Waals surface area contributed by atoms with Crippen molar-refractivity contribution in [1.29, 1.82) is 0 Å². The molecule has 0 aliphatic heterocycles. The first-order chi connectivity index (χ1) is 23.0. The molecule has 1 heterocycles. The van der Waals surface area contributed by atoms with Crippen molar-refractivity contribution in [3.63, 3.8) is 0 Å². The van der Waals surface area contributed by atoms with Gasteiger partial charge < -0.3 is 4.42 Å². The lowest BCUT2D eigenvalue weighted by atomic mass is 9.83. The molecular formula is C42H26O. The average Bonchev–Trinajstić information content (AvgIpc) is 3.51. The zero-order valence-electron chi connectivity index (χ0n) is 27.1. The highest BCUT2D eigenvalue weighted by atomic mass is 16.3. The molecule has 1 aromatic heterocycles. The Morgan fingerprint density at radius 1 is 0.419 bits per heavy atom. The van der Waals surface area contributed by atoms with E-state index < -0.39 is 0 Å². The van der Waals surface area contributed by atoms with E-state index in [1.165, 1.54) is 22.3 Å². The second-order valence-electron chi connectivity index (χ2n) is 10.9. The number of hydrogen-bond donors (Lipinski definition) is 0. The largest absolute Gasteiger partial charge is 0.455 e. The molecule has 0 N–H and O–H groups in total. The Kier molecular flexibility index (Phi) is 4.45. The van der Waals surface area contributed by atoms with Gasteiger partial charge in [-0.2, -0.15) is 0 Å². The van der Waals surface area contributed by atoms with Crippen molar-refractivity contribution in [3.05, 3.63) is 158 Å². The fraction of sp³-hybridized carbons (Fsp3) is 0. The van der Waals surface area contributed by atoms with Gasteiger partial charge in [0.1, 0.15) is 11.2 Å². The molecule has 0 aliphatic rings. The van der Waals surface area contributed by atoms with Crippen LogP contribution >= 0.6 is 0 Å². The minimum atomic E-state index is -0.265. The zero-order chi connectivity index (χ0) is 31.8. The summed E-state index contributed by atoms with van der Waals surface area (Å²) in [5, 5.41) is 7.12. The van der Waals surface area contributed by atoms with E-state index in [2.05, 4.69) is 103 Å². The van der Waals surface area contributed by atoms with Crippen molar-refractivity contribution in [2.75, 3.05) is 0 Å². The molecule has 0 unspecified atom stereocenters. The first-order valence-electron chi connectivity index (χ1n) is 16.5. The topological polar surface area (TPSA) is 13.1 Å². The quantitative estimate of drug-likeness (QED) is 0.199. The molecule has 0 bridgehead atoms. The van der Waals surface area contributed by atoms with Crippen LogP contribution in [0, 0.1) is 0 Å². The molecule has 0 radical (unpaired) electrons. The van der Waals surface area contributed by atoms with Crippen LogP contribution in [0.25, 0.3) is 87.6 Å². The van der Waals surface area contributed by atoms with E-state index in [0.717, 1.165) is 43.4 Å². The molecule has 0 fully saturated rings. The Hall–Kier alpha value is -5.66. The lowest BCUT2D eigenvalue weighted by Gasteiger charge is -2.20. The normalized spacial score (nSPS) is 13.0. The summed E-state index contributed by atoms with van der Waals surface area (Å²) in [4.78, 5) is 0. The van der Waals surface area contributed by atoms with Crippen LogP contribution in [0.3, 0.4) is 0 Å². The van der Waals surface area contributed by atoms with Gasteiger partial charge in [0.2, 0.25) is 0 Å². The summed E-state index contributed by atoms with van der Waals surface area (Å²) in [5.74, 6) is 0. The summed E-state index contributed by atoms with van der Waals surface area (Å²) >= 11 is 0. The van der Waals surface area contributed by atoms with Gasteiger partial charge in [0.25, 0.3) is 0 Å². The van der Waals surface area contributed by atoms with Gasteiger partial charge in [0.05, 0.1) is 5.48 Å². The van der Waals surface area contributed by atoms with Crippen molar-refractivity contribution in [2.45, 2.75) is 0 Å². The second kappa shape index (κ2) is 9.44. The molecule has 200 valence electrons. The Morgan fingerprint density at radius 3 is 1.72 bits per heavy atom. The molecule has 1 heteroatoms. The summed E-state index contributed by atoms with van der Waals surface area (Å²) in [5.41, 5.74) is 7.95. The lowest BCUT2D eigenvalue weighted by molar-refractivity contribution is 0.673. The van der Waals surface area contributed by atoms with E-state index in [4.69, 9.17) is 9.90 Å². The van der Waals surface area contributed by atoms with Crippen molar-refractivity contribution in [2.24, 2.45) is 0 Å². The smallest absolute Gasteiger partial charge is 0.143 e. The van der Waals surface area contributed by atoms with Gasteiger partial charge in [0, 0.05) is 16.2 Å². The van der Waals surface area contributed by atoms with E-state index in [0.29, 0.717) is 21.9 Å². The third kappa shape index (κ3) is 3.58. The number of hydrogen-bond acceptors (Lipinski definition) is 1. The maximum atomic E-state index is 8.75. The van der Waals surface area contributed by atoms with Crippen molar-refractivity contribution < 1.29 is 9.90 Å². The molecule has 43 heavy (non-hydrogen) atoms. The van der Waals surface area contributed by atoms with E-state index in [1.807, 2.05) is 24.3 Å². The fourth-order valence-electron chi connectivity index (χ4n) is 6.80. The van der Waals surface area contributed by atoms with Gasteiger partial charge in [-0.3, -0.25) is 0 Å². The molecule has 9 rings (SSSR count). The molecular weight excluding hydrogens is 520 g/mol. The molecule has 0 saturated heterocycles. The predicted octanol–water partition coefficient (Wildman–Crippen LogP) is 12.0. The first kappa shape index (κ1) is 20.3. The highest BCUT2D eigenvalue weighted by Gasteiger charge is 2.21. The third-order valence-electron chi connectivity index (χ3n) is 8.59. The van der Waals surface area contributed by atoms with Crippen LogP contribution in [-0.4, -0.2) is 0 Å². The summed E-state index contributed by atoms with van der Waals surface area (Å²) in [6, 6.07) is 45.4. The van der Waals surface area contributed by atoms with Gasteiger partial charge in [-0.05, 0) is 72.4 Å². The van der Waals surface area contributed by atoms with Gasteiger partial charge >= 0.3 is 0 Å². The maximum absolute atomic E-state index is 8.75. The van der Waals surface area contributed by atoms with E-state index >= 15 is 0 Å². The SMILES string of the molecule is [2H]c1c([2H])c([2H])c2c(ccc3c2oc2cccc(-c4c5ccccc5c(-c5ccccc5-c5ccccc5)c5ccccc45)c23)c1[2H]. The Morgan fingerprint density at radius 2 is 1.00 bits per heavy atom. The molecule has 1 nitrogen and oxygen atoms in total. The fourth-order valence-corrected chi connectivity index (χ4v) is 6.80. The van der Waals surface area contributed by atoms with Crippen LogP contribution in [0.15, 0.2) is 162 Å². The molecule has 0 atom stereocenters. The molecule has 0 aliphatic carbocycles. The standard InChI is InChI=1S/C42H26O/c1-2-13-27(14-3-1)29-16-6-7-18-31(29)39-32-19-8-10-21-34(32)40(35-22-11-9-20-33(35)39)36-23-12-24-38-41(36)37-26-25-28-15-4-5-17-30(28)42(37)43-38/h1-26H/i4D,5D,15D,17D. The Labute approximate surface area is 254 Å². The zero-order valence-corrected chi connectivity index (χ0v) is 23.1. The third-order valence-corrected chi connectivity index (χ3v) is 8.59. The molecule has 9 aromatic rings.